The van der Waals surface area contributed by atoms with Crippen LogP contribution < -0.4 is 24.0 Å². The highest BCUT2D eigenvalue weighted by Gasteiger charge is 2.34. The molecule has 0 saturated heterocycles. The highest BCUT2D eigenvalue weighted by Crippen LogP contribution is 2.36. The lowest BCUT2D eigenvalue weighted by molar-refractivity contribution is -0.871. The topological polar surface area (TPSA) is 20.2 Å². The third kappa shape index (κ3) is 4.28. The van der Waals surface area contributed by atoms with Crippen molar-refractivity contribution in [1.82, 2.24) is 0 Å². The Bertz CT molecular complexity index is 507. The van der Waals surface area contributed by atoms with E-state index in [0.29, 0.717) is 0 Å². The number of benzene rings is 1. The lowest BCUT2D eigenvalue weighted by Crippen LogP contribution is -3.00. The number of hydrogen-bond donors (Lipinski definition) is 1. The second-order valence-corrected chi connectivity index (χ2v) is 6.92. The van der Waals surface area contributed by atoms with E-state index < -0.39 is 5.60 Å². The first-order valence-electron chi connectivity index (χ1n) is 6.54. The number of nitrogens with zero attached hydrogens (tertiary/aromatic N) is 1. The average molecular weight is 403 g/mol. The number of hydrogen-bond acceptors (Lipinski definition) is 2. The SMILES string of the molecule is C[N+](C)(C)CCC(O)(c1ccccc1)c1cccs1.[I-]. The molecule has 1 aromatic heterocycles. The van der Waals surface area contributed by atoms with Crippen LogP contribution in [0.2, 0.25) is 0 Å². The summed E-state index contributed by atoms with van der Waals surface area (Å²) in [6.45, 7) is 0.920. The highest BCUT2D eigenvalue weighted by molar-refractivity contribution is 7.10. The van der Waals surface area contributed by atoms with E-state index >= 15 is 0 Å². The van der Waals surface area contributed by atoms with E-state index in [9.17, 15) is 5.11 Å². The molecule has 0 saturated carbocycles. The molecular weight excluding hydrogens is 381 g/mol. The Morgan fingerprint density at radius 2 is 1.70 bits per heavy atom. The molecule has 0 spiro atoms. The first-order valence-corrected chi connectivity index (χ1v) is 7.42. The monoisotopic (exact) mass is 403 g/mol. The van der Waals surface area contributed by atoms with Gasteiger partial charge in [0.25, 0.3) is 0 Å². The van der Waals surface area contributed by atoms with Crippen LogP contribution in [0.3, 0.4) is 0 Å². The van der Waals surface area contributed by atoms with Gasteiger partial charge in [-0.15, -0.1) is 11.3 Å². The zero-order valence-corrected chi connectivity index (χ0v) is 15.2. The van der Waals surface area contributed by atoms with Gasteiger partial charge < -0.3 is 33.6 Å². The van der Waals surface area contributed by atoms with Gasteiger partial charge in [-0.2, -0.15) is 0 Å². The van der Waals surface area contributed by atoms with E-state index in [-0.39, 0.29) is 24.0 Å². The van der Waals surface area contributed by atoms with E-state index in [1.165, 1.54) is 0 Å². The predicted octanol–water partition coefficient (Wildman–Crippen LogP) is 0.0843. The van der Waals surface area contributed by atoms with E-state index in [1.54, 1.807) is 11.3 Å². The first-order chi connectivity index (χ1) is 8.92. The Morgan fingerprint density at radius 1 is 1.05 bits per heavy atom. The van der Waals surface area contributed by atoms with Crippen LogP contribution in [0.25, 0.3) is 0 Å². The number of thiophene rings is 1. The minimum absolute atomic E-state index is 0. The molecule has 1 atom stereocenters. The molecule has 2 aromatic rings. The van der Waals surface area contributed by atoms with Crippen molar-refractivity contribution in [3.8, 4) is 0 Å². The maximum Gasteiger partial charge on any atom is 0.129 e. The summed E-state index contributed by atoms with van der Waals surface area (Å²) in [6.07, 6.45) is 0.723. The highest BCUT2D eigenvalue weighted by atomic mass is 127. The van der Waals surface area contributed by atoms with Gasteiger partial charge in [0.2, 0.25) is 0 Å². The zero-order chi connectivity index (χ0) is 13.9. The second kappa shape index (κ2) is 7.02. The summed E-state index contributed by atoms with van der Waals surface area (Å²) in [6, 6.07) is 14.0. The molecule has 2 nitrogen and oxygen atoms in total. The summed E-state index contributed by atoms with van der Waals surface area (Å²) in [4.78, 5) is 1.02. The van der Waals surface area contributed by atoms with Gasteiger partial charge in [-0.05, 0) is 17.0 Å². The Morgan fingerprint density at radius 3 is 2.20 bits per heavy atom. The fraction of sp³-hybridized carbons (Fsp3) is 0.375. The normalized spacial score (nSPS) is 14.4. The summed E-state index contributed by atoms with van der Waals surface area (Å²) in [5.74, 6) is 0. The fourth-order valence-electron chi connectivity index (χ4n) is 2.13. The lowest BCUT2D eigenvalue weighted by atomic mass is 9.88. The molecule has 1 aromatic carbocycles. The second-order valence-electron chi connectivity index (χ2n) is 5.97. The molecule has 0 radical (unpaired) electrons. The molecule has 0 fully saturated rings. The zero-order valence-electron chi connectivity index (χ0n) is 12.2. The minimum Gasteiger partial charge on any atom is -1.00 e. The summed E-state index contributed by atoms with van der Waals surface area (Å²) in [7, 11) is 6.46. The van der Waals surface area contributed by atoms with E-state index in [1.807, 2.05) is 47.8 Å². The van der Waals surface area contributed by atoms with Crippen molar-refractivity contribution < 1.29 is 33.6 Å². The Balaban J connectivity index is 0.00000200. The van der Waals surface area contributed by atoms with Gasteiger partial charge in [0, 0.05) is 11.3 Å². The number of quaternary nitrogens is 1. The lowest BCUT2D eigenvalue weighted by Gasteiger charge is -2.32. The maximum absolute atomic E-state index is 11.2. The van der Waals surface area contributed by atoms with Gasteiger partial charge in [0.15, 0.2) is 0 Å². The van der Waals surface area contributed by atoms with Crippen molar-refractivity contribution >= 4 is 11.3 Å². The molecule has 2 rings (SSSR count). The van der Waals surface area contributed by atoms with Gasteiger partial charge in [0.05, 0.1) is 27.7 Å². The predicted molar refractivity (Wildman–Crippen MR) is 81.3 cm³/mol. The molecule has 1 N–H and O–H groups in total. The summed E-state index contributed by atoms with van der Waals surface area (Å²) < 4.78 is 0.848. The molecule has 0 aliphatic heterocycles. The van der Waals surface area contributed by atoms with Crippen LogP contribution in [0.5, 0.6) is 0 Å². The van der Waals surface area contributed by atoms with Crippen LogP contribution in [-0.2, 0) is 5.60 Å². The van der Waals surface area contributed by atoms with Crippen molar-refractivity contribution in [2.24, 2.45) is 0 Å². The van der Waals surface area contributed by atoms with Crippen molar-refractivity contribution in [1.29, 1.82) is 0 Å². The van der Waals surface area contributed by atoms with Crippen LogP contribution >= 0.6 is 11.3 Å². The number of aliphatic hydroxyl groups is 1. The summed E-state index contributed by atoms with van der Waals surface area (Å²) >= 11 is 1.62. The molecule has 1 heterocycles. The van der Waals surface area contributed by atoms with Crippen LogP contribution in [0.1, 0.15) is 16.9 Å². The number of rotatable bonds is 5. The molecule has 0 bridgehead atoms. The molecule has 4 heteroatoms. The molecular formula is C16H22INOS. The Hall–Kier alpha value is -0.430. The van der Waals surface area contributed by atoms with Gasteiger partial charge in [-0.25, -0.2) is 0 Å². The molecule has 20 heavy (non-hydrogen) atoms. The average Bonchev–Trinajstić information content (AvgIpc) is 2.90. The Kier molecular flexibility index (Phi) is 6.19. The van der Waals surface area contributed by atoms with Gasteiger partial charge in [-0.3, -0.25) is 0 Å². The van der Waals surface area contributed by atoms with Gasteiger partial charge >= 0.3 is 0 Å². The van der Waals surface area contributed by atoms with Crippen molar-refractivity contribution in [2.45, 2.75) is 12.0 Å². The van der Waals surface area contributed by atoms with Crippen molar-refractivity contribution in [2.75, 3.05) is 27.7 Å². The van der Waals surface area contributed by atoms with Gasteiger partial charge in [0.1, 0.15) is 5.60 Å². The first kappa shape index (κ1) is 17.6. The van der Waals surface area contributed by atoms with Crippen LogP contribution in [-0.4, -0.2) is 37.3 Å². The molecule has 110 valence electrons. The van der Waals surface area contributed by atoms with Crippen LogP contribution in [0.4, 0.5) is 0 Å². The van der Waals surface area contributed by atoms with Crippen molar-refractivity contribution in [3.05, 3.63) is 58.3 Å². The van der Waals surface area contributed by atoms with E-state index in [4.69, 9.17) is 0 Å². The number of halogens is 1. The Labute approximate surface area is 142 Å². The third-order valence-corrected chi connectivity index (χ3v) is 4.35. The van der Waals surface area contributed by atoms with Crippen LogP contribution in [0.15, 0.2) is 47.8 Å². The van der Waals surface area contributed by atoms with E-state index in [0.717, 1.165) is 27.9 Å². The van der Waals surface area contributed by atoms with Gasteiger partial charge in [-0.1, -0.05) is 36.4 Å². The largest absolute Gasteiger partial charge is 1.00 e. The minimum atomic E-state index is -0.874. The van der Waals surface area contributed by atoms with Crippen LogP contribution in [0, 0.1) is 0 Å². The summed E-state index contributed by atoms with van der Waals surface area (Å²) in [5.41, 5.74) is 0.104. The maximum atomic E-state index is 11.2. The fourth-order valence-corrected chi connectivity index (χ4v) is 3.01. The van der Waals surface area contributed by atoms with Crippen molar-refractivity contribution in [3.63, 3.8) is 0 Å². The molecule has 1 unspecified atom stereocenters. The molecule has 0 amide bonds. The smallest absolute Gasteiger partial charge is 0.129 e. The summed E-state index contributed by atoms with van der Waals surface area (Å²) in [5, 5.41) is 13.2. The third-order valence-electron chi connectivity index (χ3n) is 3.32. The molecule has 0 aliphatic rings. The quantitative estimate of drug-likeness (QED) is 0.554. The molecule has 0 aliphatic carbocycles. The standard InChI is InChI=1S/C16H22NOS.HI/c1-17(2,3)12-11-16(18,15-10-7-13-19-15)14-8-5-4-6-9-14;/h4-10,13,18H,11-12H2,1-3H3;1H/q+1;/p-1. The van der Waals surface area contributed by atoms with E-state index in [2.05, 4.69) is 21.1 Å².